The average molecular weight is 354 g/mol. The lowest BCUT2D eigenvalue weighted by Crippen LogP contribution is -2.26. The number of hydrogen-bond donors (Lipinski definition) is 2. The van der Waals surface area contributed by atoms with Crippen LogP contribution in [0.2, 0.25) is 0 Å². The zero-order chi connectivity index (χ0) is 18.8. The van der Waals surface area contributed by atoms with Crippen LogP contribution in [0.1, 0.15) is 41.3 Å². The van der Waals surface area contributed by atoms with E-state index in [0.29, 0.717) is 29.0 Å². The van der Waals surface area contributed by atoms with Crippen molar-refractivity contribution in [1.29, 1.82) is 0 Å². The number of fused-ring (bicyclic) bond motifs is 1. The van der Waals surface area contributed by atoms with E-state index in [0.717, 1.165) is 11.1 Å². The zero-order valence-corrected chi connectivity index (χ0v) is 15.1. The fourth-order valence-electron chi connectivity index (χ4n) is 3.06. The van der Waals surface area contributed by atoms with Crippen LogP contribution in [0.4, 0.5) is 0 Å². The summed E-state index contributed by atoms with van der Waals surface area (Å²) in [7, 11) is 1.51. The van der Waals surface area contributed by atoms with Crippen LogP contribution < -0.4 is 9.47 Å². The van der Waals surface area contributed by atoms with Crippen LogP contribution in [-0.4, -0.2) is 29.7 Å². The van der Waals surface area contributed by atoms with Crippen molar-refractivity contribution in [2.45, 2.75) is 26.2 Å². The van der Waals surface area contributed by atoms with Gasteiger partial charge in [-0.2, -0.15) is 0 Å². The van der Waals surface area contributed by atoms with E-state index in [4.69, 9.17) is 9.47 Å². The number of benzene rings is 2. The Labute approximate surface area is 152 Å². The first kappa shape index (κ1) is 17.9. The quantitative estimate of drug-likeness (QED) is 0.813. The number of Topliss-reactive ketones (excluding diaryl/α,β-unsaturated/α-hetero) is 1. The Hall–Kier alpha value is -2.95. The van der Waals surface area contributed by atoms with Gasteiger partial charge in [-0.15, -0.1) is 0 Å². The minimum atomic E-state index is -0.534. The van der Waals surface area contributed by atoms with Gasteiger partial charge in [0.25, 0.3) is 0 Å². The van der Waals surface area contributed by atoms with Gasteiger partial charge in [0.1, 0.15) is 29.6 Å². The highest BCUT2D eigenvalue weighted by molar-refractivity contribution is 6.04. The summed E-state index contributed by atoms with van der Waals surface area (Å²) in [4.78, 5) is 13.0. The van der Waals surface area contributed by atoms with Crippen LogP contribution in [-0.2, 0) is 6.42 Å². The van der Waals surface area contributed by atoms with Crippen LogP contribution in [0.3, 0.4) is 0 Å². The number of aromatic hydroxyl groups is 2. The second-order valence-electron chi connectivity index (χ2n) is 6.62. The lowest BCUT2D eigenvalue weighted by molar-refractivity contribution is 0.0894. The fraction of sp³-hybridized carbons (Fsp3) is 0.286. The second-order valence-corrected chi connectivity index (χ2v) is 6.62. The molecule has 5 nitrogen and oxygen atoms in total. The minimum Gasteiger partial charge on any atom is -0.508 e. The number of rotatable bonds is 4. The van der Waals surface area contributed by atoms with Crippen molar-refractivity contribution >= 4 is 5.78 Å². The van der Waals surface area contributed by atoms with E-state index in [1.807, 2.05) is 26.0 Å². The van der Waals surface area contributed by atoms with E-state index in [1.165, 1.54) is 19.2 Å². The van der Waals surface area contributed by atoms with Gasteiger partial charge in [0.15, 0.2) is 5.78 Å². The van der Waals surface area contributed by atoms with Crippen molar-refractivity contribution in [3.63, 3.8) is 0 Å². The Morgan fingerprint density at radius 3 is 2.73 bits per heavy atom. The number of phenols is 2. The Kier molecular flexibility index (Phi) is 4.89. The van der Waals surface area contributed by atoms with Gasteiger partial charge in [-0.05, 0) is 44.0 Å². The highest BCUT2D eigenvalue weighted by Crippen LogP contribution is 2.40. The molecule has 1 unspecified atom stereocenters. The maximum absolute atomic E-state index is 13.0. The van der Waals surface area contributed by atoms with E-state index in [1.54, 1.807) is 12.1 Å². The van der Waals surface area contributed by atoms with E-state index in [9.17, 15) is 15.0 Å². The van der Waals surface area contributed by atoms with Crippen molar-refractivity contribution < 1.29 is 24.5 Å². The molecule has 26 heavy (non-hydrogen) atoms. The van der Waals surface area contributed by atoms with E-state index < -0.39 is 5.92 Å². The molecule has 1 atom stereocenters. The maximum atomic E-state index is 13.0. The van der Waals surface area contributed by atoms with Crippen molar-refractivity contribution in [3.8, 4) is 23.0 Å². The Bertz CT molecular complexity index is 878. The van der Waals surface area contributed by atoms with Crippen LogP contribution in [0.15, 0.2) is 42.0 Å². The van der Waals surface area contributed by atoms with Crippen LogP contribution >= 0.6 is 0 Å². The Morgan fingerprint density at radius 1 is 1.27 bits per heavy atom. The molecule has 5 heteroatoms. The maximum Gasteiger partial charge on any atom is 0.177 e. The Balaban J connectivity index is 2.02. The van der Waals surface area contributed by atoms with Gasteiger partial charge in [-0.3, -0.25) is 4.79 Å². The molecule has 0 aliphatic carbocycles. The lowest BCUT2D eigenvalue weighted by atomic mass is 9.87. The molecule has 2 aromatic carbocycles. The van der Waals surface area contributed by atoms with Gasteiger partial charge in [-0.1, -0.05) is 11.6 Å². The van der Waals surface area contributed by atoms with Crippen molar-refractivity contribution in [2.75, 3.05) is 13.7 Å². The summed E-state index contributed by atoms with van der Waals surface area (Å²) in [5, 5.41) is 19.8. The zero-order valence-electron chi connectivity index (χ0n) is 15.1. The molecule has 0 radical (unpaired) electrons. The van der Waals surface area contributed by atoms with Crippen LogP contribution in [0.25, 0.3) is 0 Å². The van der Waals surface area contributed by atoms with E-state index >= 15 is 0 Å². The molecule has 1 aliphatic rings. The van der Waals surface area contributed by atoms with E-state index in [-0.39, 0.29) is 23.9 Å². The highest BCUT2D eigenvalue weighted by Gasteiger charge is 2.33. The number of carbonyl (C=O) groups is 1. The molecule has 1 aliphatic heterocycles. The molecule has 0 saturated carbocycles. The number of ketones is 1. The van der Waals surface area contributed by atoms with E-state index in [2.05, 4.69) is 0 Å². The predicted octanol–water partition coefficient (Wildman–Crippen LogP) is 3.97. The van der Waals surface area contributed by atoms with Crippen molar-refractivity contribution in [1.82, 2.24) is 0 Å². The average Bonchev–Trinajstić information content (AvgIpc) is 2.60. The molecule has 0 aromatic heterocycles. The summed E-state index contributed by atoms with van der Waals surface area (Å²) in [6, 6.07) is 7.83. The van der Waals surface area contributed by atoms with Gasteiger partial charge in [0.2, 0.25) is 0 Å². The normalized spacial score (nSPS) is 15.8. The monoisotopic (exact) mass is 354 g/mol. The topological polar surface area (TPSA) is 76.0 Å². The number of allylic oxidation sites excluding steroid dienone is 2. The Morgan fingerprint density at radius 2 is 2.04 bits per heavy atom. The first-order valence-electron chi connectivity index (χ1n) is 8.44. The van der Waals surface area contributed by atoms with Crippen molar-refractivity contribution in [2.24, 2.45) is 0 Å². The standard InChI is InChI=1S/C21H22O5/c1-12(2)4-5-13-8-16(19(25-3)10-18(13)23)17-11-26-20-9-14(22)6-7-15(20)21(17)24/h4,6-10,17,22-23H,5,11H2,1-3H3. The number of methoxy groups -OCH3 is 1. The van der Waals surface area contributed by atoms with Crippen molar-refractivity contribution in [3.05, 3.63) is 58.7 Å². The highest BCUT2D eigenvalue weighted by atomic mass is 16.5. The molecule has 2 N–H and O–H groups in total. The summed E-state index contributed by atoms with van der Waals surface area (Å²) < 4.78 is 11.1. The number of hydrogen-bond acceptors (Lipinski definition) is 5. The number of ether oxygens (including phenoxy) is 2. The SMILES string of the molecule is COc1cc(O)c(CC=C(C)C)cc1C1COc2cc(O)ccc2C1=O. The first-order valence-corrected chi connectivity index (χ1v) is 8.44. The van der Waals surface area contributed by atoms with Gasteiger partial charge >= 0.3 is 0 Å². The molecule has 1 heterocycles. The van der Waals surface area contributed by atoms with Gasteiger partial charge in [0.05, 0.1) is 18.6 Å². The summed E-state index contributed by atoms with van der Waals surface area (Å²) >= 11 is 0. The summed E-state index contributed by atoms with van der Waals surface area (Å²) in [6.45, 7) is 4.14. The molecule has 136 valence electrons. The smallest absolute Gasteiger partial charge is 0.177 e. The molecule has 0 amide bonds. The fourth-order valence-corrected chi connectivity index (χ4v) is 3.06. The molecule has 0 spiro atoms. The third-order valence-electron chi connectivity index (χ3n) is 4.49. The minimum absolute atomic E-state index is 0.0567. The molecule has 0 saturated heterocycles. The van der Waals surface area contributed by atoms with Crippen LogP contribution in [0.5, 0.6) is 23.0 Å². The first-order chi connectivity index (χ1) is 12.4. The molecule has 0 bridgehead atoms. The second kappa shape index (κ2) is 7.12. The summed E-state index contributed by atoms with van der Waals surface area (Å²) in [6.07, 6.45) is 2.58. The van der Waals surface area contributed by atoms with Gasteiger partial charge in [-0.25, -0.2) is 0 Å². The summed E-state index contributed by atoms with van der Waals surface area (Å²) in [5.41, 5.74) is 2.99. The molecular formula is C21H22O5. The lowest BCUT2D eigenvalue weighted by Gasteiger charge is -2.26. The largest absolute Gasteiger partial charge is 0.508 e. The van der Waals surface area contributed by atoms with Gasteiger partial charge in [0, 0.05) is 17.7 Å². The molecule has 0 fully saturated rings. The summed E-state index contributed by atoms with van der Waals surface area (Å²) in [5.74, 6) is 0.400. The van der Waals surface area contributed by atoms with Crippen LogP contribution in [0, 0.1) is 0 Å². The third kappa shape index (κ3) is 3.38. The molecule has 3 rings (SSSR count). The molecule has 2 aromatic rings. The molecular weight excluding hydrogens is 332 g/mol. The van der Waals surface area contributed by atoms with Gasteiger partial charge < -0.3 is 19.7 Å². The predicted molar refractivity (Wildman–Crippen MR) is 98.5 cm³/mol. The third-order valence-corrected chi connectivity index (χ3v) is 4.49. The number of phenolic OH excluding ortho intramolecular Hbond substituents is 2. The number of carbonyl (C=O) groups excluding carboxylic acids is 1.